The van der Waals surface area contributed by atoms with Gasteiger partial charge < -0.3 is 4.74 Å². The molecule has 1 aromatic rings. The average molecular weight is 257 g/mol. The van der Waals surface area contributed by atoms with Crippen molar-refractivity contribution in [3.05, 3.63) is 34.6 Å². The molecule has 0 spiro atoms. The number of alkyl halides is 1. The summed E-state index contributed by atoms with van der Waals surface area (Å²) in [6.45, 7) is 6.60. The molecule has 1 aliphatic rings. The quantitative estimate of drug-likeness (QED) is 0.723. The van der Waals surface area contributed by atoms with E-state index in [1.165, 1.54) is 0 Å². The molecule has 1 aromatic carbocycles. The molecule has 17 heavy (non-hydrogen) atoms. The summed E-state index contributed by atoms with van der Waals surface area (Å²) < 4.78 is 18.8. The van der Waals surface area contributed by atoms with Gasteiger partial charge in [0.05, 0.1) is 18.1 Å². The van der Waals surface area contributed by atoms with E-state index in [0.29, 0.717) is 12.5 Å². The Bertz CT molecular complexity index is 396. The lowest BCUT2D eigenvalue weighted by Gasteiger charge is -2.20. The van der Waals surface area contributed by atoms with E-state index in [1.54, 1.807) is 12.1 Å². The number of halogens is 2. The molecule has 1 nitrogen and oxygen atoms in total. The number of rotatable bonds is 2. The Morgan fingerprint density at radius 2 is 1.94 bits per heavy atom. The largest absolute Gasteiger partial charge is 0.378 e. The van der Waals surface area contributed by atoms with Gasteiger partial charge >= 0.3 is 0 Å². The lowest BCUT2D eigenvalue weighted by atomic mass is 9.90. The topological polar surface area (TPSA) is 9.23 Å². The zero-order chi connectivity index (χ0) is 12.6. The molecule has 3 unspecified atom stereocenters. The molecule has 3 atom stereocenters. The Balaban J connectivity index is 2.27. The van der Waals surface area contributed by atoms with Crippen LogP contribution in [0.1, 0.15) is 35.4 Å². The van der Waals surface area contributed by atoms with Crippen molar-refractivity contribution in [3.63, 3.8) is 0 Å². The summed E-state index contributed by atoms with van der Waals surface area (Å²) in [5.41, 5.74) is 2.93. The Labute approximate surface area is 107 Å². The number of hydrogen-bond donors (Lipinski definition) is 0. The van der Waals surface area contributed by atoms with Gasteiger partial charge in [-0.1, -0.05) is 0 Å². The van der Waals surface area contributed by atoms with Crippen molar-refractivity contribution in [1.29, 1.82) is 0 Å². The molecule has 2 rings (SSSR count). The molecule has 1 saturated heterocycles. The normalized spacial score (nSPS) is 26.2. The highest BCUT2D eigenvalue weighted by Gasteiger charge is 2.30. The van der Waals surface area contributed by atoms with Crippen LogP contribution in [0.2, 0.25) is 0 Å². The van der Waals surface area contributed by atoms with Gasteiger partial charge in [0.2, 0.25) is 0 Å². The summed E-state index contributed by atoms with van der Waals surface area (Å²) in [5, 5.41) is -0.0828. The first-order valence-corrected chi connectivity index (χ1v) is 6.45. The summed E-state index contributed by atoms with van der Waals surface area (Å²) >= 11 is 6.54. The Morgan fingerprint density at radius 1 is 1.35 bits per heavy atom. The molecular formula is C14H18ClFO. The third-order valence-corrected chi connectivity index (χ3v) is 4.05. The molecule has 0 N–H and O–H groups in total. The highest BCUT2D eigenvalue weighted by molar-refractivity contribution is 6.21. The first-order valence-electron chi connectivity index (χ1n) is 6.01. The fourth-order valence-electron chi connectivity index (χ4n) is 2.65. The van der Waals surface area contributed by atoms with Gasteiger partial charge in [0, 0.05) is 5.92 Å². The van der Waals surface area contributed by atoms with E-state index in [1.807, 2.05) is 13.8 Å². The highest BCUT2D eigenvalue weighted by atomic mass is 35.5. The molecule has 0 bridgehead atoms. The van der Waals surface area contributed by atoms with Gasteiger partial charge in [-0.15, -0.1) is 11.6 Å². The Hall–Kier alpha value is -0.600. The van der Waals surface area contributed by atoms with Crippen molar-refractivity contribution in [2.45, 2.75) is 38.7 Å². The summed E-state index contributed by atoms with van der Waals surface area (Å²) in [4.78, 5) is 0. The first-order chi connectivity index (χ1) is 7.99. The zero-order valence-corrected chi connectivity index (χ0v) is 11.2. The number of ether oxygens (including phenoxy) is 1. The third-order valence-electron chi connectivity index (χ3n) is 3.48. The van der Waals surface area contributed by atoms with E-state index in [-0.39, 0.29) is 17.3 Å². The second-order valence-corrected chi connectivity index (χ2v) is 5.46. The predicted molar refractivity (Wildman–Crippen MR) is 68.0 cm³/mol. The number of hydrogen-bond acceptors (Lipinski definition) is 1. The van der Waals surface area contributed by atoms with Crippen LogP contribution in [0.5, 0.6) is 0 Å². The molecule has 3 heteroatoms. The number of aryl methyl sites for hydroxylation is 2. The zero-order valence-electron chi connectivity index (χ0n) is 10.5. The smallest absolute Gasteiger partial charge is 0.123 e. The molecule has 0 radical (unpaired) electrons. The van der Waals surface area contributed by atoms with Gasteiger partial charge in [0.15, 0.2) is 0 Å². The molecule has 1 fully saturated rings. The fraction of sp³-hybridized carbons (Fsp3) is 0.571. The summed E-state index contributed by atoms with van der Waals surface area (Å²) in [7, 11) is 0. The van der Waals surface area contributed by atoms with Crippen molar-refractivity contribution in [1.82, 2.24) is 0 Å². The van der Waals surface area contributed by atoms with Gasteiger partial charge in [0.25, 0.3) is 0 Å². The summed E-state index contributed by atoms with van der Waals surface area (Å²) in [5.74, 6) is 0.137. The van der Waals surface area contributed by atoms with E-state index in [2.05, 4.69) is 6.92 Å². The Kier molecular flexibility index (Phi) is 3.74. The van der Waals surface area contributed by atoms with Crippen LogP contribution in [0.4, 0.5) is 4.39 Å². The van der Waals surface area contributed by atoms with E-state index in [9.17, 15) is 4.39 Å². The van der Waals surface area contributed by atoms with Gasteiger partial charge in [-0.05, 0) is 56.0 Å². The van der Waals surface area contributed by atoms with Crippen molar-refractivity contribution in [3.8, 4) is 0 Å². The van der Waals surface area contributed by atoms with E-state index < -0.39 is 0 Å². The third kappa shape index (κ3) is 2.63. The standard InChI is InChI=1S/C14H18ClFO/c1-8-4-12(16)5-9(2)13(8)14(15)11-6-10(3)17-7-11/h4-5,10-11,14H,6-7H2,1-3H3. The lowest BCUT2D eigenvalue weighted by Crippen LogP contribution is -2.11. The maximum atomic E-state index is 13.2. The van der Waals surface area contributed by atoms with Crippen molar-refractivity contribution in [2.75, 3.05) is 6.61 Å². The molecule has 0 aliphatic carbocycles. The van der Waals surface area contributed by atoms with Crippen LogP contribution >= 0.6 is 11.6 Å². The SMILES string of the molecule is Cc1cc(F)cc(C)c1C(Cl)C1COC(C)C1. The van der Waals surface area contributed by atoms with Crippen LogP contribution in [-0.2, 0) is 4.74 Å². The molecule has 0 saturated carbocycles. The maximum absolute atomic E-state index is 13.2. The summed E-state index contributed by atoms with van der Waals surface area (Å²) in [6.07, 6.45) is 1.26. The fourth-order valence-corrected chi connectivity index (χ4v) is 3.17. The second-order valence-electron chi connectivity index (χ2n) is 4.99. The van der Waals surface area contributed by atoms with Gasteiger partial charge in [-0.2, -0.15) is 0 Å². The molecule has 1 heterocycles. The van der Waals surface area contributed by atoms with Crippen molar-refractivity contribution >= 4 is 11.6 Å². The minimum atomic E-state index is -0.191. The van der Waals surface area contributed by atoms with E-state index in [4.69, 9.17) is 16.3 Å². The highest BCUT2D eigenvalue weighted by Crippen LogP contribution is 2.39. The van der Waals surface area contributed by atoms with Gasteiger partial charge in [0.1, 0.15) is 5.82 Å². The maximum Gasteiger partial charge on any atom is 0.123 e. The van der Waals surface area contributed by atoms with E-state index in [0.717, 1.165) is 23.1 Å². The van der Waals surface area contributed by atoms with Crippen LogP contribution in [0.15, 0.2) is 12.1 Å². The minimum absolute atomic E-state index is 0.0828. The molecule has 94 valence electrons. The molecular weight excluding hydrogens is 239 g/mol. The second kappa shape index (κ2) is 4.95. The van der Waals surface area contributed by atoms with Crippen LogP contribution in [0.25, 0.3) is 0 Å². The van der Waals surface area contributed by atoms with Crippen LogP contribution < -0.4 is 0 Å². The van der Waals surface area contributed by atoms with Gasteiger partial charge in [-0.3, -0.25) is 0 Å². The molecule has 1 aliphatic heterocycles. The lowest BCUT2D eigenvalue weighted by molar-refractivity contribution is 0.120. The average Bonchev–Trinajstić information content (AvgIpc) is 2.63. The van der Waals surface area contributed by atoms with Gasteiger partial charge in [-0.25, -0.2) is 4.39 Å². The van der Waals surface area contributed by atoms with Crippen molar-refractivity contribution in [2.24, 2.45) is 5.92 Å². The molecule has 0 aromatic heterocycles. The van der Waals surface area contributed by atoms with Crippen LogP contribution in [-0.4, -0.2) is 12.7 Å². The predicted octanol–water partition coefficient (Wildman–Crippen LogP) is 4.15. The first kappa shape index (κ1) is 12.8. The minimum Gasteiger partial charge on any atom is -0.378 e. The van der Waals surface area contributed by atoms with E-state index >= 15 is 0 Å². The Morgan fingerprint density at radius 3 is 2.41 bits per heavy atom. The van der Waals surface area contributed by atoms with Crippen LogP contribution in [0, 0.1) is 25.6 Å². The number of benzene rings is 1. The van der Waals surface area contributed by atoms with Crippen molar-refractivity contribution < 1.29 is 9.13 Å². The van der Waals surface area contributed by atoms with Crippen LogP contribution in [0.3, 0.4) is 0 Å². The molecule has 0 amide bonds. The monoisotopic (exact) mass is 256 g/mol. The summed E-state index contributed by atoms with van der Waals surface area (Å²) in [6, 6.07) is 3.11.